The minimum absolute atomic E-state index is 0.00100. The summed E-state index contributed by atoms with van der Waals surface area (Å²) in [6.45, 7) is 9.69. The summed E-state index contributed by atoms with van der Waals surface area (Å²) < 4.78 is 68.8. The van der Waals surface area contributed by atoms with Gasteiger partial charge in [0.05, 0.1) is 38.6 Å². The van der Waals surface area contributed by atoms with Gasteiger partial charge in [-0.05, 0) is 63.4 Å². The van der Waals surface area contributed by atoms with Crippen molar-refractivity contribution in [3.8, 4) is 0 Å². The Kier molecular flexibility index (Phi) is 46.2. The number of carbonyl (C=O) groups excluding carboxylic acids is 13. The van der Waals surface area contributed by atoms with Gasteiger partial charge in [-0.15, -0.1) is 0 Å². The van der Waals surface area contributed by atoms with Crippen LogP contribution in [0.25, 0.3) is 0 Å². The number of ether oxygens (including phenoxy) is 12. The Bertz CT molecular complexity index is 2910. The maximum atomic E-state index is 13.1. The van der Waals surface area contributed by atoms with Crippen LogP contribution >= 0.6 is 0 Å². The van der Waals surface area contributed by atoms with E-state index < -0.39 is 134 Å². The van der Waals surface area contributed by atoms with E-state index in [9.17, 15) is 67.1 Å². The molecule has 0 saturated carbocycles. The van der Waals surface area contributed by atoms with Gasteiger partial charge in [0.1, 0.15) is 37.5 Å². The monoisotopic (exact) mass is 1510 g/mol. The molecule has 34 heteroatoms. The summed E-state index contributed by atoms with van der Waals surface area (Å²) in [6.07, 6.45) is -0.584. The van der Waals surface area contributed by atoms with Crippen LogP contribution in [0.5, 0.6) is 0 Å². The lowest BCUT2D eigenvalue weighted by Crippen LogP contribution is -2.67. The van der Waals surface area contributed by atoms with Gasteiger partial charge >= 0.3 is 41.8 Å². The number of nitrogens with one attached hydrogen (secondary N) is 7. The normalized spacial score (nSPS) is 20.2. The Balaban J connectivity index is 1.43. The summed E-state index contributed by atoms with van der Waals surface area (Å²) in [4.78, 5) is 172. The second-order valence-electron chi connectivity index (χ2n) is 25.9. The molecule has 1 aromatic carbocycles. The van der Waals surface area contributed by atoms with Gasteiger partial charge in [0.2, 0.25) is 41.4 Å². The standard InChI is InChI=1S/C72H113N7O27/c1-46(80)77-65-69(102-52(7)86)67(100-50(5)84)57(44-98-48(3)82)105-71(65)97-38-21-20-28-59(88)73-34-23-36-75-61(90)32-39-95-42-55(79-63(92)29-18-13-11-9-10-12-14-19-31-64(93)94)43-96-40-33-62(91)76-37-24-35-74-60(89)30-22-27-56(41-54-25-16-15-17-26-54)104-72-66(78-47(2)81)70(103-53(8)87)68(101-51(6)85)58(106-72)45-99-49(4)83/h15-17,25-26,55-58,65-72H,9-14,18-24,27-45H2,1-8H3,(H,73,88)(H,74,89)(H,75,90)(H,76,91)(H,77,80)(H,78,81)(H,79,92)(H,93,94)/t55?,56?,57-,58-,65-,66-,67+,68+,69-,70-,71-,72-/m1/s1. The van der Waals surface area contributed by atoms with E-state index in [-0.39, 0.29) is 134 Å². The summed E-state index contributed by atoms with van der Waals surface area (Å²) in [5, 5.41) is 28.4. The summed E-state index contributed by atoms with van der Waals surface area (Å²) in [5.41, 5.74) is 0.884. The molecule has 0 aromatic heterocycles. The summed E-state index contributed by atoms with van der Waals surface area (Å²) >= 11 is 0. The molecule has 12 atom stereocenters. The van der Waals surface area contributed by atoms with Gasteiger partial charge in [-0.1, -0.05) is 68.9 Å². The lowest BCUT2D eigenvalue weighted by Gasteiger charge is -2.45. The fourth-order valence-corrected chi connectivity index (χ4v) is 11.5. The Morgan fingerprint density at radius 2 is 0.821 bits per heavy atom. The smallest absolute Gasteiger partial charge is 0.303 e. The molecule has 106 heavy (non-hydrogen) atoms. The van der Waals surface area contributed by atoms with Crippen molar-refractivity contribution in [2.75, 3.05) is 72.4 Å². The van der Waals surface area contributed by atoms with Crippen LogP contribution in [0.4, 0.5) is 0 Å². The highest BCUT2D eigenvalue weighted by molar-refractivity contribution is 5.78. The van der Waals surface area contributed by atoms with E-state index in [2.05, 4.69) is 37.2 Å². The van der Waals surface area contributed by atoms with Crippen LogP contribution in [0.2, 0.25) is 0 Å². The quantitative estimate of drug-likeness (QED) is 0.0264. The topological polar surface area (TPSA) is 454 Å². The highest BCUT2D eigenvalue weighted by Gasteiger charge is 2.53. The molecule has 34 nitrogen and oxygen atoms in total. The molecule has 8 N–H and O–H groups in total. The lowest BCUT2D eigenvalue weighted by atomic mass is 9.95. The van der Waals surface area contributed by atoms with Crippen LogP contribution < -0.4 is 37.2 Å². The van der Waals surface area contributed by atoms with Gasteiger partial charge in [-0.3, -0.25) is 67.1 Å². The molecular weight excluding hydrogens is 1390 g/mol. The number of hydrogen-bond acceptors (Lipinski definition) is 26. The molecule has 7 amide bonds. The molecular formula is C72H113N7O27. The first kappa shape index (κ1) is 91.8. The third-order valence-corrected chi connectivity index (χ3v) is 16.3. The molecule has 0 aliphatic carbocycles. The molecule has 2 fully saturated rings. The molecule has 2 saturated heterocycles. The Morgan fingerprint density at radius 1 is 0.425 bits per heavy atom. The molecule has 0 radical (unpaired) electrons. The van der Waals surface area contributed by atoms with Gasteiger partial charge in [0.25, 0.3) is 0 Å². The Labute approximate surface area is 619 Å². The van der Waals surface area contributed by atoms with Crippen LogP contribution in [-0.2, 0) is 130 Å². The van der Waals surface area contributed by atoms with E-state index in [4.69, 9.17) is 61.9 Å². The number of aliphatic carboxylic acids is 1. The number of hydrogen-bond donors (Lipinski definition) is 8. The van der Waals surface area contributed by atoms with Gasteiger partial charge in [-0.2, -0.15) is 0 Å². The Hall–Kier alpha value is -8.44. The molecule has 0 bridgehead atoms. The highest BCUT2D eigenvalue weighted by atomic mass is 16.7. The van der Waals surface area contributed by atoms with E-state index in [1.165, 1.54) is 27.7 Å². The van der Waals surface area contributed by atoms with E-state index in [1.54, 1.807) is 0 Å². The fourth-order valence-electron chi connectivity index (χ4n) is 11.5. The third-order valence-electron chi connectivity index (χ3n) is 16.3. The average Bonchev–Trinajstić information content (AvgIpc) is 0.791. The number of rotatable bonds is 54. The summed E-state index contributed by atoms with van der Waals surface area (Å²) in [5.74, 6) is -7.48. The molecule has 2 unspecified atom stereocenters. The minimum Gasteiger partial charge on any atom is -0.481 e. The first-order valence-electron chi connectivity index (χ1n) is 36.5. The average molecular weight is 1510 g/mol. The minimum atomic E-state index is -1.32. The van der Waals surface area contributed by atoms with Crippen LogP contribution in [0.15, 0.2) is 30.3 Å². The molecule has 2 aliphatic heterocycles. The number of carboxylic acids is 1. The van der Waals surface area contributed by atoms with Crippen molar-refractivity contribution < 1.29 is 129 Å². The Morgan fingerprint density at radius 3 is 1.26 bits per heavy atom. The zero-order valence-electron chi connectivity index (χ0n) is 62.5. The number of unbranched alkanes of at least 4 members (excludes halogenated alkanes) is 8. The molecule has 2 aliphatic rings. The van der Waals surface area contributed by atoms with Gasteiger partial charge in [0.15, 0.2) is 37.0 Å². The van der Waals surface area contributed by atoms with E-state index in [0.29, 0.717) is 57.8 Å². The van der Waals surface area contributed by atoms with Gasteiger partial charge in [0, 0.05) is 127 Å². The second kappa shape index (κ2) is 53.4. The second-order valence-corrected chi connectivity index (χ2v) is 25.9. The molecule has 3 rings (SSSR count). The van der Waals surface area contributed by atoms with Crippen molar-refractivity contribution in [3.63, 3.8) is 0 Å². The van der Waals surface area contributed by atoms with Crippen molar-refractivity contribution in [3.05, 3.63) is 35.9 Å². The third kappa shape index (κ3) is 42.0. The van der Waals surface area contributed by atoms with E-state index in [1.807, 2.05) is 30.3 Å². The molecule has 2 heterocycles. The van der Waals surface area contributed by atoms with Crippen molar-refractivity contribution >= 4 is 83.1 Å². The van der Waals surface area contributed by atoms with Gasteiger partial charge < -0.3 is 99.2 Å². The molecule has 0 spiro atoms. The lowest BCUT2D eigenvalue weighted by molar-refractivity contribution is -0.288. The van der Waals surface area contributed by atoms with Crippen molar-refractivity contribution in [1.82, 2.24) is 37.2 Å². The maximum absolute atomic E-state index is 13.1. The maximum Gasteiger partial charge on any atom is 0.303 e. The number of esters is 6. The first-order valence-corrected chi connectivity index (χ1v) is 36.5. The van der Waals surface area contributed by atoms with Gasteiger partial charge in [-0.25, -0.2) is 0 Å². The van der Waals surface area contributed by atoms with E-state index >= 15 is 0 Å². The number of carboxylic acid groups (broad SMARTS) is 1. The van der Waals surface area contributed by atoms with Crippen molar-refractivity contribution in [2.45, 2.75) is 264 Å². The van der Waals surface area contributed by atoms with Crippen LogP contribution in [-0.4, -0.2) is 234 Å². The fraction of sp³-hybridized carbons (Fsp3) is 0.722. The van der Waals surface area contributed by atoms with Crippen molar-refractivity contribution in [1.29, 1.82) is 0 Å². The molecule has 598 valence electrons. The summed E-state index contributed by atoms with van der Waals surface area (Å²) in [6, 6.07) is 6.41. The van der Waals surface area contributed by atoms with Crippen molar-refractivity contribution in [2.24, 2.45) is 0 Å². The van der Waals surface area contributed by atoms with Crippen LogP contribution in [0.1, 0.15) is 189 Å². The predicted molar refractivity (Wildman–Crippen MR) is 375 cm³/mol. The van der Waals surface area contributed by atoms with E-state index in [0.717, 1.165) is 71.8 Å². The van der Waals surface area contributed by atoms with Crippen LogP contribution in [0, 0.1) is 0 Å². The molecule has 1 aromatic rings. The first-order chi connectivity index (χ1) is 50.6. The van der Waals surface area contributed by atoms with Crippen LogP contribution in [0.3, 0.4) is 0 Å². The zero-order valence-corrected chi connectivity index (χ0v) is 62.5. The number of amides is 7. The zero-order chi connectivity index (χ0) is 78.2. The SMILES string of the molecule is CC(=O)N[C@H]1[C@H](OCCCCC(=O)NCCCNC(=O)CCOCC(COCCC(=O)NCCCNC(=O)CCCC(Cc2ccccc2)O[C@@H]2O[C@H](COC(C)=O)[C@H](OC(C)=O)[C@H](OC(C)=O)[C@H]2NC(C)=O)NC(=O)CCCCCCCCCCC(=O)O)O[C@H](COC(C)=O)[C@H](OC(C)=O)[C@@H]1OC(C)=O. The largest absolute Gasteiger partial charge is 0.481 e. The number of benzene rings is 1. The highest BCUT2D eigenvalue weighted by Crippen LogP contribution is 2.31. The number of carbonyl (C=O) groups is 14. The predicted octanol–water partition coefficient (Wildman–Crippen LogP) is 2.81. The summed E-state index contributed by atoms with van der Waals surface area (Å²) in [7, 11) is 0.